The van der Waals surface area contributed by atoms with E-state index in [2.05, 4.69) is 17.2 Å². The van der Waals surface area contributed by atoms with E-state index >= 15 is 0 Å². The minimum absolute atomic E-state index is 0.0128. The van der Waals surface area contributed by atoms with Crippen LogP contribution in [0.1, 0.15) is 30.8 Å². The molecule has 0 saturated heterocycles. The van der Waals surface area contributed by atoms with Gasteiger partial charge in [0.2, 0.25) is 0 Å². The van der Waals surface area contributed by atoms with Crippen molar-refractivity contribution in [1.29, 1.82) is 0 Å². The molecule has 1 N–H and O–H groups in total. The van der Waals surface area contributed by atoms with E-state index in [1.54, 1.807) is 6.20 Å². The van der Waals surface area contributed by atoms with Gasteiger partial charge in [0.25, 0.3) is 0 Å². The molecular weight excluding hydrogens is 289 g/mol. The van der Waals surface area contributed by atoms with Gasteiger partial charge in [-0.25, -0.2) is 4.98 Å². The molecule has 0 bridgehead atoms. The average molecular weight is 304 g/mol. The molecule has 2 aromatic heterocycles. The molecule has 0 aliphatic carbocycles. The molecule has 18 heavy (non-hydrogen) atoms. The Bertz CT molecular complexity index is 521. The average Bonchev–Trinajstić information content (AvgIpc) is 2.87. The fourth-order valence-electron chi connectivity index (χ4n) is 1.83. The van der Waals surface area contributed by atoms with Crippen LogP contribution in [0.25, 0.3) is 0 Å². The fourth-order valence-corrected chi connectivity index (χ4v) is 3.37. The number of halogens is 2. The summed E-state index contributed by atoms with van der Waals surface area (Å²) in [6.07, 6.45) is 4.77. The van der Waals surface area contributed by atoms with Crippen LogP contribution in [0.4, 0.5) is 0 Å². The Balaban J connectivity index is 2.37. The molecule has 2 aromatic rings. The first-order chi connectivity index (χ1) is 8.63. The monoisotopic (exact) mass is 303 g/mol. The Morgan fingerprint density at radius 2 is 2.28 bits per heavy atom. The van der Waals surface area contributed by atoms with Crippen molar-refractivity contribution in [3.8, 4) is 0 Å². The summed E-state index contributed by atoms with van der Waals surface area (Å²) >= 11 is 13.7. The van der Waals surface area contributed by atoms with Crippen LogP contribution in [0, 0.1) is 0 Å². The highest BCUT2D eigenvalue weighted by Gasteiger charge is 2.22. The zero-order valence-corrected chi connectivity index (χ0v) is 12.6. The predicted molar refractivity (Wildman–Crippen MR) is 77.7 cm³/mol. The van der Waals surface area contributed by atoms with Crippen LogP contribution in [-0.4, -0.2) is 16.1 Å². The van der Waals surface area contributed by atoms with E-state index in [1.165, 1.54) is 11.3 Å². The summed E-state index contributed by atoms with van der Waals surface area (Å²) < 4.78 is 3.42. The van der Waals surface area contributed by atoms with Gasteiger partial charge in [-0.1, -0.05) is 30.1 Å². The fraction of sp³-hybridized carbons (Fsp3) is 0.417. The maximum absolute atomic E-state index is 6.25. The Morgan fingerprint density at radius 1 is 1.50 bits per heavy atom. The smallest absolute Gasteiger partial charge is 0.130 e. The van der Waals surface area contributed by atoms with E-state index in [-0.39, 0.29) is 6.04 Å². The number of rotatable bonds is 5. The molecule has 98 valence electrons. The summed E-state index contributed by atoms with van der Waals surface area (Å²) in [5.41, 5.74) is 0.995. The first kappa shape index (κ1) is 13.9. The van der Waals surface area contributed by atoms with Gasteiger partial charge >= 0.3 is 0 Å². The van der Waals surface area contributed by atoms with Crippen molar-refractivity contribution in [2.75, 3.05) is 6.54 Å². The summed E-state index contributed by atoms with van der Waals surface area (Å²) in [5.74, 6) is 0.944. The quantitative estimate of drug-likeness (QED) is 0.908. The van der Waals surface area contributed by atoms with Gasteiger partial charge in [-0.15, -0.1) is 11.3 Å². The van der Waals surface area contributed by atoms with E-state index in [0.29, 0.717) is 4.34 Å². The highest BCUT2D eigenvalue weighted by atomic mass is 35.5. The molecule has 1 atom stereocenters. The molecule has 2 rings (SSSR count). The number of hydrogen-bond donors (Lipinski definition) is 1. The van der Waals surface area contributed by atoms with E-state index < -0.39 is 0 Å². The topological polar surface area (TPSA) is 29.9 Å². The van der Waals surface area contributed by atoms with Crippen LogP contribution < -0.4 is 5.32 Å². The van der Waals surface area contributed by atoms with E-state index in [4.69, 9.17) is 23.2 Å². The van der Waals surface area contributed by atoms with Crippen molar-refractivity contribution in [3.63, 3.8) is 0 Å². The number of thiophene rings is 1. The van der Waals surface area contributed by atoms with Crippen LogP contribution in [0.2, 0.25) is 8.67 Å². The maximum atomic E-state index is 6.25. The van der Waals surface area contributed by atoms with Crippen molar-refractivity contribution in [3.05, 3.63) is 38.5 Å². The zero-order chi connectivity index (χ0) is 13.1. The maximum Gasteiger partial charge on any atom is 0.130 e. The van der Waals surface area contributed by atoms with Crippen LogP contribution in [-0.2, 0) is 7.05 Å². The Kier molecular flexibility index (Phi) is 4.67. The second-order valence-corrected chi connectivity index (χ2v) is 6.35. The van der Waals surface area contributed by atoms with Crippen molar-refractivity contribution >= 4 is 34.5 Å². The standard InChI is InChI=1S/C12H15Cl2N3S/c1-3-4-15-10(12-16-5-6-17(12)2)8-7-9(13)18-11(8)14/h5-7,10,15H,3-4H2,1-2H3. The lowest BCUT2D eigenvalue weighted by molar-refractivity contribution is 0.557. The van der Waals surface area contributed by atoms with E-state index in [0.717, 1.165) is 28.7 Å². The third kappa shape index (κ3) is 2.88. The second-order valence-electron chi connectivity index (χ2n) is 4.06. The molecule has 0 aliphatic rings. The highest BCUT2D eigenvalue weighted by Crippen LogP contribution is 2.36. The van der Waals surface area contributed by atoms with Crippen molar-refractivity contribution in [1.82, 2.24) is 14.9 Å². The number of nitrogens with zero attached hydrogens (tertiary/aromatic N) is 2. The summed E-state index contributed by atoms with van der Waals surface area (Å²) in [6, 6.07) is 1.90. The lowest BCUT2D eigenvalue weighted by Crippen LogP contribution is -2.25. The number of hydrogen-bond acceptors (Lipinski definition) is 3. The van der Waals surface area contributed by atoms with Crippen LogP contribution in [0.15, 0.2) is 18.5 Å². The van der Waals surface area contributed by atoms with Gasteiger partial charge in [-0.05, 0) is 19.0 Å². The third-order valence-corrected chi connectivity index (χ3v) is 4.23. The first-order valence-corrected chi connectivity index (χ1v) is 7.36. The van der Waals surface area contributed by atoms with Crippen molar-refractivity contribution < 1.29 is 0 Å². The number of aromatic nitrogens is 2. The Hall–Kier alpha value is -0.550. The van der Waals surface area contributed by atoms with Crippen molar-refractivity contribution in [2.24, 2.45) is 7.05 Å². The molecule has 3 nitrogen and oxygen atoms in total. The minimum Gasteiger partial charge on any atom is -0.336 e. The van der Waals surface area contributed by atoms with Gasteiger partial charge in [0.1, 0.15) is 5.82 Å². The number of nitrogens with one attached hydrogen (secondary N) is 1. The molecule has 2 heterocycles. The van der Waals surface area contributed by atoms with Crippen LogP contribution >= 0.6 is 34.5 Å². The molecule has 0 fully saturated rings. The third-order valence-electron chi connectivity index (χ3n) is 2.71. The first-order valence-electron chi connectivity index (χ1n) is 5.78. The summed E-state index contributed by atoms with van der Waals surface area (Å²) in [6.45, 7) is 3.03. The van der Waals surface area contributed by atoms with Crippen molar-refractivity contribution in [2.45, 2.75) is 19.4 Å². The number of imidazole rings is 1. The molecular formula is C12H15Cl2N3S. The van der Waals surface area contributed by atoms with Crippen LogP contribution in [0.3, 0.4) is 0 Å². The summed E-state index contributed by atoms with van der Waals surface area (Å²) in [4.78, 5) is 4.40. The van der Waals surface area contributed by atoms with E-state index in [9.17, 15) is 0 Å². The number of aryl methyl sites for hydroxylation is 1. The molecule has 0 spiro atoms. The highest BCUT2D eigenvalue weighted by molar-refractivity contribution is 7.20. The molecule has 0 aliphatic heterocycles. The Labute approximate surface area is 121 Å². The normalized spacial score (nSPS) is 12.9. The summed E-state index contributed by atoms with van der Waals surface area (Å²) in [5, 5.41) is 3.46. The van der Waals surface area contributed by atoms with E-state index in [1.807, 2.05) is 23.9 Å². The molecule has 0 amide bonds. The molecule has 0 radical (unpaired) electrons. The molecule has 0 aromatic carbocycles. The predicted octanol–water partition coefficient (Wildman–Crippen LogP) is 3.88. The van der Waals surface area contributed by atoms with Gasteiger partial charge in [-0.2, -0.15) is 0 Å². The molecule has 6 heteroatoms. The lowest BCUT2D eigenvalue weighted by Gasteiger charge is -2.17. The van der Waals surface area contributed by atoms with Gasteiger partial charge < -0.3 is 9.88 Å². The van der Waals surface area contributed by atoms with Gasteiger partial charge in [0, 0.05) is 25.0 Å². The van der Waals surface area contributed by atoms with Gasteiger partial charge in [0.05, 0.1) is 14.7 Å². The van der Waals surface area contributed by atoms with Gasteiger partial charge in [0.15, 0.2) is 0 Å². The SMILES string of the molecule is CCCNC(c1cc(Cl)sc1Cl)c1nccn1C. The Morgan fingerprint density at radius 3 is 2.78 bits per heavy atom. The largest absolute Gasteiger partial charge is 0.336 e. The zero-order valence-electron chi connectivity index (χ0n) is 10.3. The summed E-state index contributed by atoms with van der Waals surface area (Å²) in [7, 11) is 1.98. The molecule has 1 unspecified atom stereocenters. The van der Waals surface area contributed by atoms with Gasteiger partial charge in [-0.3, -0.25) is 0 Å². The minimum atomic E-state index is -0.0128. The van der Waals surface area contributed by atoms with Crippen LogP contribution in [0.5, 0.6) is 0 Å². The lowest BCUT2D eigenvalue weighted by atomic mass is 10.1. The second kappa shape index (κ2) is 6.06. The molecule has 0 saturated carbocycles.